The summed E-state index contributed by atoms with van der Waals surface area (Å²) in [5.41, 5.74) is 0. The van der Waals surface area contributed by atoms with Crippen molar-refractivity contribution in [1.29, 1.82) is 0 Å². The minimum atomic E-state index is 0.350. The van der Waals surface area contributed by atoms with E-state index in [1.165, 1.54) is 0 Å². The molecule has 13 heavy (non-hydrogen) atoms. The minimum absolute atomic E-state index is 0.350. The molecule has 1 aromatic heterocycles. The predicted molar refractivity (Wildman–Crippen MR) is 47.0 cm³/mol. The zero-order valence-corrected chi connectivity index (χ0v) is 7.95. The third-order valence-electron chi connectivity index (χ3n) is 1.80. The number of nitrogens with zero attached hydrogens (tertiary/aromatic N) is 3. The minimum Gasteiger partial charge on any atom is -0.383 e. The maximum Gasteiger partial charge on any atom is 0.188 e. The first-order chi connectivity index (χ1) is 6.36. The number of tetrazole rings is 1. The molecule has 6 nitrogen and oxygen atoms in total. The highest BCUT2D eigenvalue weighted by atomic mass is 16.5. The van der Waals surface area contributed by atoms with Crippen LogP contribution in [0.1, 0.15) is 19.2 Å². The van der Waals surface area contributed by atoms with Crippen LogP contribution in [-0.4, -0.2) is 40.4 Å². The molecular formula is C7H15N5O. The summed E-state index contributed by atoms with van der Waals surface area (Å²) in [4.78, 5) is 0. The number of methoxy groups -OCH3 is 1. The lowest BCUT2D eigenvalue weighted by Crippen LogP contribution is -2.32. The number of hydrogen-bond acceptors (Lipinski definition) is 5. The Hall–Kier alpha value is -1.01. The molecule has 0 spiro atoms. The van der Waals surface area contributed by atoms with E-state index in [1.807, 2.05) is 0 Å². The maximum atomic E-state index is 5.04. The molecule has 1 rings (SSSR count). The van der Waals surface area contributed by atoms with Gasteiger partial charge in [0.25, 0.3) is 0 Å². The van der Waals surface area contributed by atoms with Gasteiger partial charge in [-0.05, 0) is 6.42 Å². The molecule has 0 aliphatic heterocycles. The number of aromatic nitrogens is 4. The summed E-state index contributed by atoms with van der Waals surface area (Å²) >= 11 is 0. The van der Waals surface area contributed by atoms with Crippen molar-refractivity contribution in [3.63, 3.8) is 0 Å². The second-order valence-corrected chi connectivity index (χ2v) is 2.77. The third-order valence-corrected chi connectivity index (χ3v) is 1.80. The van der Waals surface area contributed by atoms with Gasteiger partial charge in [-0.2, -0.15) is 5.21 Å². The highest BCUT2D eigenvalue weighted by Crippen LogP contribution is 1.93. The van der Waals surface area contributed by atoms with Gasteiger partial charge in [0.1, 0.15) is 0 Å². The van der Waals surface area contributed by atoms with E-state index in [0.717, 1.165) is 6.42 Å². The molecule has 0 aliphatic carbocycles. The Bertz CT molecular complexity index is 213. The topological polar surface area (TPSA) is 75.7 Å². The van der Waals surface area contributed by atoms with Crippen LogP contribution in [0.2, 0.25) is 0 Å². The molecule has 0 bridgehead atoms. The molecule has 74 valence electrons. The van der Waals surface area contributed by atoms with Crippen LogP contribution in [0.15, 0.2) is 0 Å². The molecule has 0 fully saturated rings. The Kier molecular flexibility index (Phi) is 4.34. The van der Waals surface area contributed by atoms with Crippen LogP contribution in [0.4, 0.5) is 0 Å². The van der Waals surface area contributed by atoms with Gasteiger partial charge in [0.2, 0.25) is 0 Å². The van der Waals surface area contributed by atoms with E-state index < -0.39 is 0 Å². The molecule has 1 heterocycles. The van der Waals surface area contributed by atoms with Gasteiger partial charge in [0.15, 0.2) is 5.82 Å². The zero-order chi connectivity index (χ0) is 9.52. The lowest BCUT2D eigenvalue weighted by atomic mass is 10.2. The summed E-state index contributed by atoms with van der Waals surface area (Å²) in [7, 11) is 1.69. The Morgan fingerprint density at radius 2 is 2.46 bits per heavy atom. The van der Waals surface area contributed by atoms with Crippen LogP contribution in [-0.2, 0) is 11.3 Å². The highest BCUT2D eigenvalue weighted by molar-refractivity contribution is 4.76. The maximum absolute atomic E-state index is 5.04. The lowest BCUT2D eigenvalue weighted by Gasteiger charge is -2.13. The summed E-state index contributed by atoms with van der Waals surface area (Å²) in [6.07, 6.45) is 1.02. The number of H-pyrrole nitrogens is 1. The second kappa shape index (κ2) is 5.60. The number of aromatic amines is 1. The second-order valence-electron chi connectivity index (χ2n) is 2.77. The van der Waals surface area contributed by atoms with Gasteiger partial charge in [-0.25, -0.2) is 0 Å². The largest absolute Gasteiger partial charge is 0.383 e. The highest BCUT2D eigenvalue weighted by Gasteiger charge is 2.05. The van der Waals surface area contributed by atoms with E-state index in [9.17, 15) is 0 Å². The molecular weight excluding hydrogens is 170 g/mol. The monoisotopic (exact) mass is 185 g/mol. The fourth-order valence-electron chi connectivity index (χ4n) is 1.02. The average molecular weight is 185 g/mol. The van der Waals surface area contributed by atoms with E-state index in [-0.39, 0.29) is 0 Å². The summed E-state index contributed by atoms with van der Waals surface area (Å²) in [6, 6.07) is 0.350. The number of rotatable bonds is 6. The van der Waals surface area contributed by atoms with Crippen molar-refractivity contribution in [2.24, 2.45) is 0 Å². The smallest absolute Gasteiger partial charge is 0.188 e. The molecule has 0 saturated carbocycles. The molecule has 1 unspecified atom stereocenters. The van der Waals surface area contributed by atoms with Gasteiger partial charge in [0.05, 0.1) is 13.2 Å². The van der Waals surface area contributed by atoms with Crippen molar-refractivity contribution in [1.82, 2.24) is 25.9 Å². The Morgan fingerprint density at radius 3 is 3.00 bits per heavy atom. The zero-order valence-electron chi connectivity index (χ0n) is 7.95. The van der Waals surface area contributed by atoms with E-state index in [0.29, 0.717) is 25.0 Å². The SMILES string of the molecule is CCC(COC)NCc1nn[nH]n1. The lowest BCUT2D eigenvalue weighted by molar-refractivity contribution is 0.163. The molecule has 6 heteroatoms. The molecule has 1 atom stereocenters. The molecule has 1 aromatic rings. The van der Waals surface area contributed by atoms with Gasteiger partial charge in [0, 0.05) is 13.2 Å². The predicted octanol–water partition coefficient (Wildman–Crippen LogP) is -0.286. The van der Waals surface area contributed by atoms with Crippen molar-refractivity contribution in [2.75, 3.05) is 13.7 Å². The van der Waals surface area contributed by atoms with Crippen LogP contribution in [0.25, 0.3) is 0 Å². The normalized spacial score (nSPS) is 13.1. The Morgan fingerprint density at radius 1 is 1.62 bits per heavy atom. The molecule has 0 aliphatic rings. The van der Waals surface area contributed by atoms with E-state index in [4.69, 9.17) is 4.74 Å². The van der Waals surface area contributed by atoms with Crippen LogP contribution >= 0.6 is 0 Å². The first kappa shape index (κ1) is 10.1. The van der Waals surface area contributed by atoms with Gasteiger partial charge in [-0.15, -0.1) is 10.2 Å². The molecule has 0 radical (unpaired) electrons. The van der Waals surface area contributed by atoms with Crippen molar-refractivity contribution in [2.45, 2.75) is 25.9 Å². The van der Waals surface area contributed by atoms with Crippen LogP contribution < -0.4 is 5.32 Å². The van der Waals surface area contributed by atoms with Gasteiger partial charge < -0.3 is 10.1 Å². The van der Waals surface area contributed by atoms with Gasteiger partial charge in [-0.3, -0.25) is 0 Å². The fourth-order valence-corrected chi connectivity index (χ4v) is 1.02. The van der Waals surface area contributed by atoms with E-state index in [1.54, 1.807) is 7.11 Å². The quantitative estimate of drug-likeness (QED) is 0.637. The molecule has 0 saturated heterocycles. The Labute approximate surface area is 77.1 Å². The molecule has 2 N–H and O–H groups in total. The van der Waals surface area contributed by atoms with E-state index in [2.05, 4.69) is 32.9 Å². The van der Waals surface area contributed by atoms with Crippen LogP contribution in [0, 0.1) is 0 Å². The Balaban J connectivity index is 2.23. The van der Waals surface area contributed by atoms with Crippen molar-refractivity contribution >= 4 is 0 Å². The standard InChI is InChI=1S/C7H15N5O/c1-3-6(5-13-2)8-4-7-9-11-12-10-7/h6,8H,3-5H2,1-2H3,(H,9,10,11,12). The van der Waals surface area contributed by atoms with Gasteiger partial charge >= 0.3 is 0 Å². The summed E-state index contributed by atoms with van der Waals surface area (Å²) < 4.78 is 5.04. The van der Waals surface area contributed by atoms with Crippen molar-refractivity contribution < 1.29 is 4.74 Å². The van der Waals surface area contributed by atoms with E-state index >= 15 is 0 Å². The summed E-state index contributed by atoms with van der Waals surface area (Å²) in [5, 5.41) is 16.8. The molecule has 0 amide bonds. The van der Waals surface area contributed by atoms with Crippen molar-refractivity contribution in [3.05, 3.63) is 5.82 Å². The fraction of sp³-hybridized carbons (Fsp3) is 0.857. The number of ether oxygens (including phenoxy) is 1. The van der Waals surface area contributed by atoms with Crippen LogP contribution in [0.5, 0.6) is 0 Å². The first-order valence-electron chi connectivity index (χ1n) is 4.31. The molecule has 0 aromatic carbocycles. The summed E-state index contributed by atoms with van der Waals surface area (Å²) in [5.74, 6) is 0.676. The average Bonchev–Trinajstić information content (AvgIpc) is 2.64. The van der Waals surface area contributed by atoms with Crippen LogP contribution in [0.3, 0.4) is 0 Å². The third kappa shape index (κ3) is 3.47. The number of hydrogen-bond donors (Lipinski definition) is 2. The van der Waals surface area contributed by atoms with Gasteiger partial charge in [-0.1, -0.05) is 12.1 Å². The first-order valence-corrected chi connectivity index (χ1v) is 4.31. The number of nitrogens with one attached hydrogen (secondary N) is 2. The summed E-state index contributed by atoms with van der Waals surface area (Å²) in [6.45, 7) is 3.43. The van der Waals surface area contributed by atoms with Crippen molar-refractivity contribution in [3.8, 4) is 0 Å².